The normalized spacial score (nSPS) is 23.2. The third-order valence-electron chi connectivity index (χ3n) is 3.55. The Balaban J connectivity index is 2.41. The topological polar surface area (TPSA) is 15.3 Å². The molecule has 16 heavy (non-hydrogen) atoms. The van der Waals surface area contributed by atoms with E-state index in [-0.39, 0.29) is 0 Å². The van der Waals surface area contributed by atoms with Crippen molar-refractivity contribution in [2.45, 2.75) is 65.5 Å². The van der Waals surface area contributed by atoms with Crippen LogP contribution < -0.4 is 5.32 Å². The molecule has 96 valence electrons. The second kappa shape index (κ2) is 7.29. The van der Waals surface area contributed by atoms with Gasteiger partial charge in [-0.1, -0.05) is 27.2 Å². The molecule has 0 spiro atoms. The van der Waals surface area contributed by atoms with Crippen LogP contribution in [-0.4, -0.2) is 36.6 Å². The summed E-state index contributed by atoms with van der Waals surface area (Å²) in [6, 6.07) is 1.49. The second-order valence-electron chi connectivity index (χ2n) is 5.78. The van der Waals surface area contributed by atoms with Crippen LogP contribution in [0.1, 0.15) is 53.4 Å². The van der Waals surface area contributed by atoms with Gasteiger partial charge in [0.25, 0.3) is 0 Å². The van der Waals surface area contributed by atoms with Crippen molar-refractivity contribution < 1.29 is 0 Å². The summed E-state index contributed by atoms with van der Waals surface area (Å²) < 4.78 is 0. The Bertz CT molecular complexity index is 174. The van der Waals surface area contributed by atoms with Crippen molar-refractivity contribution in [2.75, 3.05) is 19.6 Å². The van der Waals surface area contributed by atoms with Gasteiger partial charge in [-0.25, -0.2) is 0 Å². The summed E-state index contributed by atoms with van der Waals surface area (Å²) in [5.41, 5.74) is 0. The fourth-order valence-corrected chi connectivity index (χ4v) is 2.70. The maximum atomic E-state index is 3.62. The minimum absolute atomic E-state index is 0.745. The molecule has 0 aromatic rings. The predicted octanol–water partition coefficient (Wildman–Crippen LogP) is 2.89. The average Bonchev–Trinajstić information content (AvgIpc) is 2.69. The molecule has 0 aromatic heterocycles. The molecule has 2 nitrogen and oxygen atoms in total. The van der Waals surface area contributed by atoms with Gasteiger partial charge in [-0.3, -0.25) is 4.90 Å². The van der Waals surface area contributed by atoms with E-state index in [1.54, 1.807) is 0 Å². The summed E-state index contributed by atoms with van der Waals surface area (Å²) in [7, 11) is 0. The predicted molar refractivity (Wildman–Crippen MR) is 71.8 cm³/mol. The Morgan fingerprint density at radius 3 is 2.56 bits per heavy atom. The summed E-state index contributed by atoms with van der Waals surface area (Å²) in [4.78, 5) is 2.69. The number of nitrogens with one attached hydrogen (secondary N) is 1. The Morgan fingerprint density at radius 1 is 1.31 bits per heavy atom. The van der Waals surface area contributed by atoms with Gasteiger partial charge in [0.1, 0.15) is 0 Å². The zero-order chi connectivity index (χ0) is 12.0. The largest absolute Gasteiger partial charge is 0.313 e. The molecule has 0 aliphatic carbocycles. The van der Waals surface area contributed by atoms with Crippen molar-refractivity contribution >= 4 is 0 Å². The number of hydrogen-bond acceptors (Lipinski definition) is 2. The highest BCUT2D eigenvalue weighted by Gasteiger charge is 2.21. The zero-order valence-corrected chi connectivity index (χ0v) is 11.6. The third kappa shape index (κ3) is 4.84. The van der Waals surface area contributed by atoms with E-state index in [4.69, 9.17) is 0 Å². The quantitative estimate of drug-likeness (QED) is 0.718. The first kappa shape index (κ1) is 14.0. The van der Waals surface area contributed by atoms with E-state index < -0.39 is 0 Å². The Morgan fingerprint density at radius 2 is 2.06 bits per heavy atom. The molecule has 1 N–H and O–H groups in total. The fraction of sp³-hybridized carbons (Fsp3) is 1.00. The lowest BCUT2D eigenvalue weighted by Gasteiger charge is -2.32. The van der Waals surface area contributed by atoms with Crippen molar-refractivity contribution in [3.8, 4) is 0 Å². The Labute approximate surface area is 102 Å². The van der Waals surface area contributed by atoms with Gasteiger partial charge in [-0.2, -0.15) is 0 Å². The van der Waals surface area contributed by atoms with Gasteiger partial charge < -0.3 is 5.32 Å². The Hall–Kier alpha value is -0.0800. The van der Waals surface area contributed by atoms with Crippen LogP contribution in [0.4, 0.5) is 0 Å². The van der Waals surface area contributed by atoms with E-state index in [1.807, 2.05) is 0 Å². The third-order valence-corrected chi connectivity index (χ3v) is 3.55. The molecule has 1 aliphatic rings. The lowest BCUT2D eigenvalue weighted by atomic mass is 10.1. The Kier molecular flexibility index (Phi) is 6.37. The SMILES string of the molecule is CCCC(C)N(CC(C)C)CC1CCCN1. The minimum atomic E-state index is 0.745. The smallest absolute Gasteiger partial charge is 0.0195 e. The van der Waals surface area contributed by atoms with Gasteiger partial charge in [0.05, 0.1) is 0 Å². The van der Waals surface area contributed by atoms with Crippen LogP contribution in [0.3, 0.4) is 0 Å². The van der Waals surface area contributed by atoms with Crippen LogP contribution in [0.15, 0.2) is 0 Å². The molecule has 2 atom stereocenters. The van der Waals surface area contributed by atoms with Crippen LogP contribution in [0.2, 0.25) is 0 Å². The fourth-order valence-electron chi connectivity index (χ4n) is 2.70. The van der Waals surface area contributed by atoms with E-state index in [9.17, 15) is 0 Å². The maximum absolute atomic E-state index is 3.62. The molecule has 1 saturated heterocycles. The molecule has 1 heterocycles. The minimum Gasteiger partial charge on any atom is -0.313 e. The lowest BCUT2D eigenvalue weighted by molar-refractivity contribution is 0.163. The molecule has 1 rings (SSSR count). The van der Waals surface area contributed by atoms with Gasteiger partial charge in [0.15, 0.2) is 0 Å². The van der Waals surface area contributed by atoms with E-state index >= 15 is 0 Å². The summed E-state index contributed by atoms with van der Waals surface area (Å²) in [6.07, 6.45) is 5.36. The van der Waals surface area contributed by atoms with Gasteiger partial charge in [-0.05, 0) is 38.6 Å². The molecular formula is C14H30N2. The van der Waals surface area contributed by atoms with Gasteiger partial charge >= 0.3 is 0 Å². The van der Waals surface area contributed by atoms with Crippen LogP contribution in [-0.2, 0) is 0 Å². The summed E-state index contributed by atoms with van der Waals surface area (Å²) in [6.45, 7) is 13.1. The van der Waals surface area contributed by atoms with Crippen molar-refractivity contribution in [1.29, 1.82) is 0 Å². The molecule has 2 unspecified atom stereocenters. The highest BCUT2D eigenvalue weighted by atomic mass is 15.2. The number of hydrogen-bond donors (Lipinski definition) is 1. The first-order valence-corrected chi connectivity index (χ1v) is 7.11. The molecule has 2 heteroatoms. The molecule has 0 bridgehead atoms. The van der Waals surface area contributed by atoms with Crippen molar-refractivity contribution in [3.05, 3.63) is 0 Å². The van der Waals surface area contributed by atoms with Crippen molar-refractivity contribution in [2.24, 2.45) is 5.92 Å². The molecule has 1 fully saturated rings. The molecule has 0 aromatic carbocycles. The highest BCUT2D eigenvalue weighted by molar-refractivity contribution is 4.80. The average molecular weight is 226 g/mol. The molecule has 1 aliphatic heterocycles. The lowest BCUT2D eigenvalue weighted by Crippen LogP contribution is -2.43. The van der Waals surface area contributed by atoms with E-state index in [0.29, 0.717) is 0 Å². The first-order chi connectivity index (χ1) is 7.63. The van der Waals surface area contributed by atoms with Crippen LogP contribution >= 0.6 is 0 Å². The van der Waals surface area contributed by atoms with E-state index in [1.165, 1.54) is 45.3 Å². The second-order valence-corrected chi connectivity index (χ2v) is 5.78. The van der Waals surface area contributed by atoms with E-state index in [2.05, 4.69) is 37.9 Å². The summed E-state index contributed by atoms with van der Waals surface area (Å²) in [5.74, 6) is 0.778. The molecule has 0 radical (unpaired) electrons. The molecule has 0 amide bonds. The van der Waals surface area contributed by atoms with Crippen LogP contribution in [0, 0.1) is 5.92 Å². The summed E-state index contributed by atoms with van der Waals surface area (Å²) in [5, 5.41) is 3.62. The summed E-state index contributed by atoms with van der Waals surface area (Å²) >= 11 is 0. The van der Waals surface area contributed by atoms with Gasteiger partial charge in [0, 0.05) is 25.2 Å². The zero-order valence-electron chi connectivity index (χ0n) is 11.6. The monoisotopic (exact) mass is 226 g/mol. The van der Waals surface area contributed by atoms with Crippen LogP contribution in [0.5, 0.6) is 0 Å². The van der Waals surface area contributed by atoms with Gasteiger partial charge in [-0.15, -0.1) is 0 Å². The maximum Gasteiger partial charge on any atom is 0.0195 e. The van der Waals surface area contributed by atoms with Gasteiger partial charge in [0.2, 0.25) is 0 Å². The van der Waals surface area contributed by atoms with Crippen LogP contribution in [0.25, 0.3) is 0 Å². The molecular weight excluding hydrogens is 196 g/mol. The van der Waals surface area contributed by atoms with Crippen molar-refractivity contribution in [1.82, 2.24) is 10.2 Å². The van der Waals surface area contributed by atoms with E-state index in [0.717, 1.165) is 18.0 Å². The number of rotatable bonds is 7. The standard InChI is InChI=1S/C14H30N2/c1-5-7-13(4)16(10-12(2)3)11-14-8-6-9-15-14/h12-15H,5-11H2,1-4H3. The number of nitrogens with zero attached hydrogens (tertiary/aromatic N) is 1. The highest BCUT2D eigenvalue weighted by Crippen LogP contribution is 2.14. The molecule has 0 saturated carbocycles. The van der Waals surface area contributed by atoms with Crippen molar-refractivity contribution in [3.63, 3.8) is 0 Å². The first-order valence-electron chi connectivity index (χ1n) is 7.11.